The van der Waals surface area contributed by atoms with Crippen molar-refractivity contribution in [1.82, 2.24) is 0 Å². The van der Waals surface area contributed by atoms with Crippen LogP contribution in [-0.4, -0.2) is 19.8 Å². The van der Waals surface area contributed by atoms with E-state index in [4.69, 9.17) is 9.47 Å². The average Bonchev–Trinajstić information content (AvgIpc) is 2.83. The third-order valence-electron chi connectivity index (χ3n) is 6.93. The minimum absolute atomic E-state index is 0.429. The van der Waals surface area contributed by atoms with E-state index in [1.54, 1.807) is 0 Å². The fourth-order valence-electron chi connectivity index (χ4n) is 5.13. The molecule has 6 rings (SSSR count). The highest BCUT2D eigenvalue weighted by molar-refractivity contribution is 5.56. The van der Waals surface area contributed by atoms with Crippen LogP contribution < -0.4 is 9.64 Å². The number of fused-ring (bicyclic) bond motifs is 3. The van der Waals surface area contributed by atoms with Crippen molar-refractivity contribution in [2.45, 2.75) is 38.3 Å². The molecule has 3 aliphatic heterocycles. The highest BCUT2D eigenvalue weighted by Crippen LogP contribution is 2.37. The Labute approximate surface area is 178 Å². The molecule has 152 valence electrons. The predicted molar refractivity (Wildman–Crippen MR) is 119 cm³/mol. The molecule has 0 saturated carbocycles. The molecule has 0 spiro atoms. The molecule has 1 unspecified atom stereocenters. The molecule has 3 heteroatoms. The number of hydrogen-bond donors (Lipinski definition) is 0. The van der Waals surface area contributed by atoms with Gasteiger partial charge in [-0.05, 0) is 58.7 Å². The summed E-state index contributed by atoms with van der Waals surface area (Å²) in [4.78, 5) is 2.48. The summed E-state index contributed by atoms with van der Waals surface area (Å²) in [6.07, 6.45) is 3.18. The van der Waals surface area contributed by atoms with Crippen LogP contribution in [0.25, 0.3) is 0 Å². The fraction of sp³-hybridized carbons (Fsp3) is 0.333. The molecule has 0 saturated heterocycles. The third-order valence-corrected chi connectivity index (χ3v) is 6.93. The van der Waals surface area contributed by atoms with Gasteiger partial charge in [0.25, 0.3) is 0 Å². The summed E-state index contributed by atoms with van der Waals surface area (Å²) in [6, 6.07) is 22.5. The van der Waals surface area contributed by atoms with Gasteiger partial charge in [-0.2, -0.15) is 0 Å². The number of anilines is 1. The number of ether oxygens (including phenoxy) is 2. The van der Waals surface area contributed by atoms with Crippen molar-refractivity contribution in [3.8, 4) is 5.75 Å². The molecule has 3 nitrogen and oxygen atoms in total. The number of hydrogen-bond acceptors (Lipinski definition) is 3. The summed E-state index contributed by atoms with van der Waals surface area (Å²) in [6.45, 7) is 4.40. The molecule has 30 heavy (non-hydrogen) atoms. The van der Waals surface area contributed by atoms with Crippen LogP contribution in [0.15, 0.2) is 60.7 Å². The van der Waals surface area contributed by atoms with Gasteiger partial charge >= 0.3 is 0 Å². The van der Waals surface area contributed by atoms with Crippen LogP contribution in [0, 0.1) is 0 Å². The molecule has 3 aromatic carbocycles. The quantitative estimate of drug-likeness (QED) is 0.605. The Hall–Kier alpha value is -2.78. The molecule has 0 amide bonds. The smallest absolute Gasteiger partial charge is 0.124 e. The molecule has 0 N–H and O–H groups in total. The van der Waals surface area contributed by atoms with E-state index in [1.807, 2.05) is 0 Å². The molecule has 0 radical (unpaired) electrons. The van der Waals surface area contributed by atoms with Crippen LogP contribution in [0.2, 0.25) is 0 Å². The number of nitrogens with zero attached hydrogens (tertiary/aromatic N) is 1. The zero-order chi connectivity index (χ0) is 19.9. The highest BCUT2D eigenvalue weighted by Gasteiger charge is 2.24. The first kappa shape index (κ1) is 18.0. The fourth-order valence-corrected chi connectivity index (χ4v) is 5.13. The maximum atomic E-state index is 6.28. The molecule has 0 bridgehead atoms. The monoisotopic (exact) mass is 397 g/mol. The molecular formula is C27H27NO2. The van der Waals surface area contributed by atoms with Crippen molar-refractivity contribution < 1.29 is 9.47 Å². The van der Waals surface area contributed by atoms with Gasteiger partial charge in [0.15, 0.2) is 0 Å². The second kappa shape index (κ2) is 7.48. The summed E-state index contributed by atoms with van der Waals surface area (Å²) in [5, 5.41) is 0. The van der Waals surface area contributed by atoms with Crippen molar-refractivity contribution in [2.75, 3.05) is 24.7 Å². The summed E-state index contributed by atoms with van der Waals surface area (Å²) in [7, 11) is 0. The molecular weight excluding hydrogens is 370 g/mol. The molecule has 3 heterocycles. The Kier molecular flexibility index (Phi) is 4.49. The van der Waals surface area contributed by atoms with Crippen molar-refractivity contribution >= 4 is 5.69 Å². The SMILES string of the molecule is c1ccc2c(c1)CCN(c1ccc3c(c1)OCC(c1ccc4c(c1)CCOC4)C3)C2. The van der Waals surface area contributed by atoms with Crippen molar-refractivity contribution in [3.05, 3.63) is 94.0 Å². The van der Waals surface area contributed by atoms with Gasteiger partial charge in [-0.1, -0.05) is 48.5 Å². The van der Waals surface area contributed by atoms with Crippen LogP contribution in [0.1, 0.15) is 39.3 Å². The maximum absolute atomic E-state index is 6.28. The van der Waals surface area contributed by atoms with Crippen LogP contribution in [0.3, 0.4) is 0 Å². The van der Waals surface area contributed by atoms with Gasteiger partial charge < -0.3 is 14.4 Å². The Bertz CT molecular complexity index is 1090. The number of benzene rings is 3. The standard InChI is InChI=1S/C27H27NO2/c1-2-4-23-16-28(11-9-19(23)3-1)26-8-7-22-14-25(18-30-27(22)15-26)20-5-6-24-17-29-12-10-21(24)13-20/h1-8,13,15,25H,9-12,14,16-18H2. The van der Waals surface area contributed by atoms with Crippen molar-refractivity contribution in [3.63, 3.8) is 0 Å². The lowest BCUT2D eigenvalue weighted by Gasteiger charge is -2.32. The van der Waals surface area contributed by atoms with Gasteiger partial charge in [0.2, 0.25) is 0 Å². The van der Waals surface area contributed by atoms with Gasteiger partial charge in [0.05, 0.1) is 19.8 Å². The molecule has 0 aromatic heterocycles. The lowest BCUT2D eigenvalue weighted by Crippen LogP contribution is -2.30. The normalized spacial score (nSPS) is 20.0. The van der Waals surface area contributed by atoms with E-state index in [-0.39, 0.29) is 0 Å². The van der Waals surface area contributed by atoms with E-state index >= 15 is 0 Å². The van der Waals surface area contributed by atoms with Crippen molar-refractivity contribution in [1.29, 1.82) is 0 Å². The first-order valence-corrected chi connectivity index (χ1v) is 11.1. The second-order valence-corrected chi connectivity index (χ2v) is 8.78. The largest absolute Gasteiger partial charge is 0.493 e. The van der Waals surface area contributed by atoms with E-state index in [0.29, 0.717) is 5.92 Å². The zero-order valence-corrected chi connectivity index (χ0v) is 17.3. The second-order valence-electron chi connectivity index (χ2n) is 8.78. The van der Waals surface area contributed by atoms with Gasteiger partial charge in [-0.3, -0.25) is 0 Å². The van der Waals surface area contributed by atoms with E-state index < -0.39 is 0 Å². The van der Waals surface area contributed by atoms with Crippen LogP contribution >= 0.6 is 0 Å². The van der Waals surface area contributed by atoms with Crippen molar-refractivity contribution in [2.24, 2.45) is 0 Å². The molecule has 1 atom stereocenters. The Morgan fingerprint density at radius 3 is 2.67 bits per heavy atom. The summed E-state index contributed by atoms with van der Waals surface area (Å²) in [5.41, 5.74) is 9.73. The van der Waals surface area contributed by atoms with Crippen LogP contribution in [0.4, 0.5) is 5.69 Å². The zero-order valence-electron chi connectivity index (χ0n) is 17.3. The molecule has 3 aromatic rings. The molecule has 0 fully saturated rings. The summed E-state index contributed by atoms with van der Waals surface area (Å²) < 4.78 is 11.9. The lowest BCUT2D eigenvalue weighted by atomic mass is 9.87. The maximum Gasteiger partial charge on any atom is 0.124 e. The van der Waals surface area contributed by atoms with Gasteiger partial charge in [0.1, 0.15) is 5.75 Å². The highest BCUT2D eigenvalue weighted by atomic mass is 16.5. The predicted octanol–water partition coefficient (Wildman–Crippen LogP) is 5.04. The van der Waals surface area contributed by atoms with E-state index in [9.17, 15) is 0 Å². The third kappa shape index (κ3) is 3.27. The topological polar surface area (TPSA) is 21.7 Å². The minimum Gasteiger partial charge on any atom is -0.493 e. The first-order chi connectivity index (χ1) is 14.8. The van der Waals surface area contributed by atoms with Crippen LogP contribution in [-0.2, 0) is 37.2 Å². The Morgan fingerprint density at radius 2 is 1.70 bits per heavy atom. The Morgan fingerprint density at radius 1 is 0.800 bits per heavy atom. The van der Waals surface area contributed by atoms with E-state index in [1.165, 1.54) is 39.1 Å². The Balaban J connectivity index is 1.21. The van der Waals surface area contributed by atoms with Gasteiger partial charge in [-0.25, -0.2) is 0 Å². The first-order valence-electron chi connectivity index (χ1n) is 11.1. The van der Waals surface area contributed by atoms with E-state index in [0.717, 1.165) is 57.9 Å². The number of rotatable bonds is 2. The average molecular weight is 398 g/mol. The summed E-state index contributed by atoms with van der Waals surface area (Å²) >= 11 is 0. The van der Waals surface area contributed by atoms with Crippen LogP contribution in [0.5, 0.6) is 5.75 Å². The summed E-state index contributed by atoms with van der Waals surface area (Å²) in [5.74, 6) is 1.49. The lowest BCUT2D eigenvalue weighted by molar-refractivity contribution is 0.110. The van der Waals surface area contributed by atoms with Gasteiger partial charge in [0, 0.05) is 30.8 Å². The van der Waals surface area contributed by atoms with Gasteiger partial charge in [-0.15, -0.1) is 0 Å². The van der Waals surface area contributed by atoms with E-state index in [2.05, 4.69) is 65.6 Å². The molecule has 3 aliphatic rings. The minimum atomic E-state index is 0.429. The molecule has 0 aliphatic carbocycles.